The Bertz CT molecular complexity index is 601. The molecule has 2 aromatic rings. The van der Waals surface area contributed by atoms with Gasteiger partial charge in [0.25, 0.3) is 0 Å². The maximum atomic E-state index is 12.3. The molecule has 0 fully saturated rings. The molecule has 2 rings (SSSR count). The van der Waals surface area contributed by atoms with Crippen molar-refractivity contribution in [2.24, 2.45) is 5.73 Å². The molecule has 0 saturated carbocycles. The molecule has 1 atom stereocenters. The zero-order valence-electron chi connectivity index (χ0n) is 13.0. The predicted molar refractivity (Wildman–Crippen MR) is 95.7 cm³/mol. The Kier molecular flexibility index (Phi) is 7.07. The number of carbonyl (C=O) groups excluding carboxylic acids is 1. The lowest BCUT2D eigenvalue weighted by Crippen LogP contribution is -2.42. The molecular formula is C18H22ClN3O. The molecule has 0 aliphatic rings. The SMILES string of the molecule is NCCC(NCCc1ccc(Cl)cc1)C(=O)Nc1ccccc1. The zero-order chi connectivity index (χ0) is 16.5. The van der Waals surface area contributed by atoms with Gasteiger partial charge in [-0.25, -0.2) is 0 Å². The van der Waals surface area contributed by atoms with E-state index in [0.717, 1.165) is 17.1 Å². The molecule has 0 heterocycles. The Hall–Kier alpha value is -1.88. The Labute approximate surface area is 142 Å². The lowest BCUT2D eigenvalue weighted by Gasteiger charge is -2.18. The summed E-state index contributed by atoms with van der Waals surface area (Å²) < 4.78 is 0. The summed E-state index contributed by atoms with van der Waals surface area (Å²) in [6.07, 6.45) is 1.43. The van der Waals surface area contributed by atoms with Gasteiger partial charge >= 0.3 is 0 Å². The molecule has 4 nitrogen and oxygen atoms in total. The van der Waals surface area contributed by atoms with E-state index in [1.54, 1.807) is 0 Å². The normalized spacial score (nSPS) is 11.9. The van der Waals surface area contributed by atoms with Crippen molar-refractivity contribution in [3.8, 4) is 0 Å². The summed E-state index contributed by atoms with van der Waals surface area (Å²) in [5.74, 6) is -0.0576. The molecule has 1 amide bonds. The molecule has 0 aromatic heterocycles. The molecule has 0 aliphatic heterocycles. The Morgan fingerprint density at radius 1 is 1.09 bits per heavy atom. The van der Waals surface area contributed by atoms with Crippen LogP contribution in [0.5, 0.6) is 0 Å². The highest BCUT2D eigenvalue weighted by atomic mass is 35.5. The molecule has 1 unspecified atom stereocenters. The second-order valence-electron chi connectivity index (χ2n) is 5.32. The third-order valence-electron chi connectivity index (χ3n) is 3.53. The summed E-state index contributed by atoms with van der Waals surface area (Å²) in [7, 11) is 0. The number of benzene rings is 2. The van der Waals surface area contributed by atoms with Gasteiger partial charge in [0.1, 0.15) is 0 Å². The van der Waals surface area contributed by atoms with E-state index < -0.39 is 0 Å². The van der Waals surface area contributed by atoms with Gasteiger partial charge in [-0.05, 0) is 55.8 Å². The Morgan fingerprint density at radius 2 is 1.78 bits per heavy atom. The summed E-state index contributed by atoms with van der Waals surface area (Å²) in [4.78, 5) is 12.3. The van der Waals surface area contributed by atoms with Gasteiger partial charge in [0.15, 0.2) is 0 Å². The quantitative estimate of drug-likeness (QED) is 0.696. The number of hydrogen-bond donors (Lipinski definition) is 3. The number of amides is 1. The fourth-order valence-electron chi connectivity index (χ4n) is 2.29. The minimum atomic E-state index is -0.299. The average molecular weight is 332 g/mol. The van der Waals surface area contributed by atoms with Crippen LogP contribution in [0.2, 0.25) is 5.02 Å². The van der Waals surface area contributed by atoms with Crippen LogP contribution in [-0.2, 0) is 11.2 Å². The van der Waals surface area contributed by atoms with Gasteiger partial charge in [-0.15, -0.1) is 0 Å². The van der Waals surface area contributed by atoms with E-state index >= 15 is 0 Å². The summed E-state index contributed by atoms with van der Waals surface area (Å²) in [6, 6.07) is 16.9. The number of halogens is 1. The first-order chi connectivity index (χ1) is 11.2. The van der Waals surface area contributed by atoms with E-state index in [-0.39, 0.29) is 11.9 Å². The third-order valence-corrected chi connectivity index (χ3v) is 3.78. The molecule has 4 N–H and O–H groups in total. The van der Waals surface area contributed by atoms with Crippen LogP contribution in [0.15, 0.2) is 54.6 Å². The fourth-order valence-corrected chi connectivity index (χ4v) is 2.41. The van der Waals surface area contributed by atoms with Gasteiger partial charge in [-0.1, -0.05) is 41.9 Å². The molecule has 0 spiro atoms. The highest BCUT2D eigenvalue weighted by molar-refractivity contribution is 6.30. The number of anilines is 1. The summed E-state index contributed by atoms with van der Waals surface area (Å²) in [5.41, 5.74) is 7.59. The second-order valence-corrected chi connectivity index (χ2v) is 5.75. The number of para-hydroxylation sites is 1. The van der Waals surface area contributed by atoms with Gasteiger partial charge in [0.2, 0.25) is 5.91 Å². The highest BCUT2D eigenvalue weighted by Gasteiger charge is 2.16. The first-order valence-corrected chi connectivity index (χ1v) is 8.10. The van der Waals surface area contributed by atoms with E-state index in [4.69, 9.17) is 17.3 Å². The molecule has 2 aromatic carbocycles. The standard InChI is InChI=1S/C18H22ClN3O/c19-15-8-6-14(7-9-15)11-13-21-17(10-12-20)18(23)22-16-4-2-1-3-5-16/h1-9,17,21H,10-13,20H2,(H,22,23). The van der Waals surface area contributed by atoms with Gasteiger partial charge in [0.05, 0.1) is 6.04 Å². The average Bonchev–Trinajstić information content (AvgIpc) is 2.56. The van der Waals surface area contributed by atoms with Crippen LogP contribution in [0.3, 0.4) is 0 Å². The van der Waals surface area contributed by atoms with Gasteiger partial charge < -0.3 is 16.4 Å². The third kappa shape index (κ3) is 6.02. The van der Waals surface area contributed by atoms with Crippen molar-refractivity contribution in [1.82, 2.24) is 5.32 Å². The van der Waals surface area contributed by atoms with Gasteiger partial charge in [0, 0.05) is 10.7 Å². The van der Waals surface area contributed by atoms with Crippen LogP contribution in [0.1, 0.15) is 12.0 Å². The van der Waals surface area contributed by atoms with Crippen molar-refractivity contribution in [3.63, 3.8) is 0 Å². The van der Waals surface area contributed by atoms with Crippen LogP contribution in [0, 0.1) is 0 Å². The topological polar surface area (TPSA) is 67.1 Å². The lowest BCUT2D eigenvalue weighted by atomic mass is 10.1. The fraction of sp³-hybridized carbons (Fsp3) is 0.278. The van der Waals surface area contributed by atoms with Crippen molar-refractivity contribution in [2.45, 2.75) is 18.9 Å². The summed E-state index contributed by atoms with van der Waals surface area (Å²) in [5, 5.41) is 6.91. The number of nitrogens with one attached hydrogen (secondary N) is 2. The summed E-state index contributed by atoms with van der Waals surface area (Å²) >= 11 is 5.87. The van der Waals surface area contributed by atoms with E-state index in [2.05, 4.69) is 10.6 Å². The molecule has 0 bridgehead atoms. The minimum absolute atomic E-state index is 0.0576. The van der Waals surface area contributed by atoms with Crippen molar-refractivity contribution in [2.75, 3.05) is 18.4 Å². The predicted octanol–water partition coefficient (Wildman–Crippen LogP) is 2.83. The van der Waals surface area contributed by atoms with Gasteiger partial charge in [-0.2, -0.15) is 0 Å². The largest absolute Gasteiger partial charge is 0.330 e. The van der Waals surface area contributed by atoms with Crippen LogP contribution in [0.25, 0.3) is 0 Å². The highest BCUT2D eigenvalue weighted by Crippen LogP contribution is 2.10. The van der Waals surface area contributed by atoms with Crippen molar-refractivity contribution >= 4 is 23.2 Å². The van der Waals surface area contributed by atoms with Crippen LogP contribution in [-0.4, -0.2) is 25.0 Å². The minimum Gasteiger partial charge on any atom is -0.330 e. The van der Waals surface area contributed by atoms with E-state index in [0.29, 0.717) is 19.5 Å². The molecule has 122 valence electrons. The van der Waals surface area contributed by atoms with Crippen molar-refractivity contribution < 1.29 is 4.79 Å². The van der Waals surface area contributed by atoms with E-state index in [1.165, 1.54) is 5.56 Å². The van der Waals surface area contributed by atoms with Gasteiger partial charge in [-0.3, -0.25) is 4.79 Å². The van der Waals surface area contributed by atoms with Crippen molar-refractivity contribution in [3.05, 3.63) is 65.2 Å². The van der Waals surface area contributed by atoms with Crippen LogP contribution in [0.4, 0.5) is 5.69 Å². The first-order valence-electron chi connectivity index (χ1n) is 7.73. The van der Waals surface area contributed by atoms with E-state index in [9.17, 15) is 4.79 Å². The van der Waals surface area contributed by atoms with Crippen LogP contribution >= 0.6 is 11.6 Å². The lowest BCUT2D eigenvalue weighted by molar-refractivity contribution is -0.118. The maximum absolute atomic E-state index is 12.3. The van der Waals surface area contributed by atoms with Crippen LogP contribution < -0.4 is 16.4 Å². The summed E-state index contributed by atoms with van der Waals surface area (Å²) in [6.45, 7) is 1.16. The Morgan fingerprint density at radius 3 is 2.43 bits per heavy atom. The Balaban J connectivity index is 1.85. The number of hydrogen-bond acceptors (Lipinski definition) is 3. The molecule has 0 radical (unpaired) electrons. The zero-order valence-corrected chi connectivity index (χ0v) is 13.7. The first kappa shape index (κ1) is 17.5. The molecule has 0 aliphatic carbocycles. The van der Waals surface area contributed by atoms with E-state index in [1.807, 2.05) is 54.6 Å². The molecular weight excluding hydrogens is 310 g/mol. The second kappa shape index (κ2) is 9.30. The van der Waals surface area contributed by atoms with Crippen molar-refractivity contribution in [1.29, 1.82) is 0 Å². The molecule has 0 saturated heterocycles. The monoisotopic (exact) mass is 331 g/mol. The molecule has 23 heavy (non-hydrogen) atoms. The smallest absolute Gasteiger partial charge is 0.241 e. The number of nitrogens with two attached hydrogens (primary N) is 1. The molecule has 5 heteroatoms. The number of carbonyl (C=O) groups is 1. The maximum Gasteiger partial charge on any atom is 0.241 e. The number of rotatable bonds is 8.